The van der Waals surface area contributed by atoms with Crippen LogP contribution in [0.3, 0.4) is 0 Å². The fourth-order valence-electron chi connectivity index (χ4n) is 2.70. The molecule has 1 aliphatic heterocycles. The molecule has 0 aliphatic carbocycles. The first kappa shape index (κ1) is 14.7. The van der Waals surface area contributed by atoms with Gasteiger partial charge in [0, 0.05) is 24.1 Å². The fourth-order valence-corrected chi connectivity index (χ4v) is 2.81. The number of fused-ring (bicyclic) bond motifs is 1. The topological polar surface area (TPSA) is 71.2 Å². The predicted molar refractivity (Wildman–Crippen MR) is 89.3 cm³/mol. The van der Waals surface area contributed by atoms with E-state index in [1.165, 1.54) is 6.20 Å². The number of carbonyl (C=O) groups excluding carboxylic acids is 1. The van der Waals surface area contributed by atoms with E-state index >= 15 is 0 Å². The molecule has 0 saturated heterocycles. The summed E-state index contributed by atoms with van der Waals surface area (Å²) in [5.41, 5.74) is 8.99. The summed E-state index contributed by atoms with van der Waals surface area (Å²) in [4.78, 5) is 18.3. The molecule has 0 radical (unpaired) electrons. The summed E-state index contributed by atoms with van der Waals surface area (Å²) in [6, 6.07) is 9.22. The highest BCUT2D eigenvalue weighted by molar-refractivity contribution is 6.30. The molecule has 2 heterocycles. The van der Waals surface area contributed by atoms with E-state index < -0.39 is 0 Å². The van der Waals surface area contributed by atoms with Crippen molar-refractivity contribution < 1.29 is 4.79 Å². The van der Waals surface area contributed by atoms with Crippen molar-refractivity contribution in [3.63, 3.8) is 0 Å². The van der Waals surface area contributed by atoms with Crippen LogP contribution in [0, 0.1) is 0 Å². The summed E-state index contributed by atoms with van der Waals surface area (Å²) < 4.78 is 0. The van der Waals surface area contributed by atoms with Gasteiger partial charge in [-0.05, 0) is 42.7 Å². The quantitative estimate of drug-likeness (QED) is 0.854. The number of anilines is 3. The summed E-state index contributed by atoms with van der Waals surface area (Å²) in [5.74, 6) is 0.393. The van der Waals surface area contributed by atoms with Gasteiger partial charge < -0.3 is 16.0 Å². The van der Waals surface area contributed by atoms with Crippen molar-refractivity contribution in [3.8, 4) is 0 Å². The molecule has 0 bridgehead atoms. The molecule has 2 aromatic rings. The van der Waals surface area contributed by atoms with Crippen molar-refractivity contribution in [2.24, 2.45) is 0 Å². The van der Waals surface area contributed by atoms with Crippen LogP contribution in [0.5, 0.6) is 0 Å². The Morgan fingerprint density at radius 1 is 1.36 bits per heavy atom. The van der Waals surface area contributed by atoms with E-state index in [9.17, 15) is 4.79 Å². The minimum atomic E-state index is -0.106. The molecule has 1 aliphatic rings. The van der Waals surface area contributed by atoms with E-state index in [0.717, 1.165) is 36.3 Å². The van der Waals surface area contributed by atoms with E-state index in [4.69, 9.17) is 17.3 Å². The van der Waals surface area contributed by atoms with Crippen LogP contribution in [0.2, 0.25) is 5.02 Å². The van der Waals surface area contributed by atoms with Crippen LogP contribution in [0.1, 0.15) is 12.0 Å². The lowest BCUT2D eigenvalue weighted by molar-refractivity contribution is -0.115. The minimum Gasteiger partial charge on any atom is -0.398 e. The molecular formula is C16H17ClN4O. The molecule has 1 amide bonds. The van der Waals surface area contributed by atoms with Crippen molar-refractivity contribution in [1.29, 1.82) is 0 Å². The smallest absolute Gasteiger partial charge is 0.245 e. The van der Waals surface area contributed by atoms with Gasteiger partial charge in [0.15, 0.2) is 0 Å². The van der Waals surface area contributed by atoms with Crippen molar-refractivity contribution in [1.82, 2.24) is 4.98 Å². The first-order chi connectivity index (χ1) is 10.6. The van der Waals surface area contributed by atoms with Crippen molar-refractivity contribution >= 4 is 34.7 Å². The Bertz CT molecular complexity index is 687. The third-order valence-corrected chi connectivity index (χ3v) is 3.94. The van der Waals surface area contributed by atoms with E-state index in [1.807, 2.05) is 18.2 Å². The molecule has 6 heteroatoms. The molecule has 0 spiro atoms. The summed E-state index contributed by atoms with van der Waals surface area (Å²) in [5, 5.41) is 3.32. The van der Waals surface area contributed by atoms with Crippen LogP contribution >= 0.6 is 11.6 Å². The van der Waals surface area contributed by atoms with E-state index in [-0.39, 0.29) is 12.5 Å². The number of pyridine rings is 1. The number of nitrogens with one attached hydrogen (secondary N) is 1. The molecule has 5 nitrogen and oxygen atoms in total. The zero-order valence-electron chi connectivity index (χ0n) is 12.1. The Morgan fingerprint density at radius 3 is 3.00 bits per heavy atom. The van der Waals surface area contributed by atoms with E-state index in [2.05, 4.69) is 15.2 Å². The predicted octanol–water partition coefficient (Wildman–Crippen LogP) is 2.71. The maximum absolute atomic E-state index is 12.2. The van der Waals surface area contributed by atoms with Gasteiger partial charge in [-0.3, -0.25) is 4.79 Å². The number of nitrogens with zero attached hydrogens (tertiary/aromatic N) is 2. The Kier molecular flexibility index (Phi) is 4.15. The molecule has 3 N–H and O–H groups in total. The maximum Gasteiger partial charge on any atom is 0.245 e. The number of halogens is 1. The van der Waals surface area contributed by atoms with Crippen LogP contribution in [0.4, 0.5) is 17.2 Å². The Balaban J connectivity index is 1.70. The van der Waals surface area contributed by atoms with Gasteiger partial charge in [-0.1, -0.05) is 17.7 Å². The summed E-state index contributed by atoms with van der Waals surface area (Å²) >= 11 is 5.78. The molecule has 0 saturated carbocycles. The monoisotopic (exact) mass is 316 g/mol. The van der Waals surface area contributed by atoms with Crippen LogP contribution in [-0.4, -0.2) is 24.0 Å². The number of amides is 1. The van der Waals surface area contributed by atoms with Crippen molar-refractivity contribution in [3.05, 3.63) is 47.1 Å². The molecule has 114 valence electrons. The van der Waals surface area contributed by atoms with Gasteiger partial charge in [0.05, 0.1) is 11.6 Å². The van der Waals surface area contributed by atoms with Gasteiger partial charge in [0.1, 0.15) is 5.82 Å². The highest BCUT2D eigenvalue weighted by Crippen LogP contribution is 2.30. The molecule has 0 atom stereocenters. The van der Waals surface area contributed by atoms with E-state index in [1.54, 1.807) is 12.1 Å². The summed E-state index contributed by atoms with van der Waals surface area (Å²) in [7, 11) is 0. The number of benzene rings is 1. The second-order valence-corrected chi connectivity index (χ2v) is 5.72. The Labute approximate surface area is 134 Å². The van der Waals surface area contributed by atoms with Gasteiger partial charge in [-0.15, -0.1) is 0 Å². The zero-order chi connectivity index (χ0) is 15.5. The average Bonchev–Trinajstić information content (AvgIpc) is 2.51. The van der Waals surface area contributed by atoms with Gasteiger partial charge in [0.25, 0.3) is 0 Å². The van der Waals surface area contributed by atoms with Gasteiger partial charge in [-0.2, -0.15) is 0 Å². The molecular weight excluding hydrogens is 300 g/mol. The highest BCUT2D eigenvalue weighted by atomic mass is 35.5. The molecule has 1 aromatic heterocycles. The Morgan fingerprint density at radius 2 is 2.23 bits per heavy atom. The number of rotatable bonds is 3. The molecule has 1 aromatic carbocycles. The second kappa shape index (κ2) is 6.23. The average molecular weight is 317 g/mol. The number of carbonyl (C=O) groups is 1. The molecule has 3 rings (SSSR count). The van der Waals surface area contributed by atoms with Gasteiger partial charge in [0.2, 0.25) is 5.91 Å². The normalized spacial score (nSPS) is 13.6. The van der Waals surface area contributed by atoms with Crippen LogP contribution < -0.4 is 16.0 Å². The molecule has 0 unspecified atom stereocenters. The maximum atomic E-state index is 12.2. The zero-order valence-corrected chi connectivity index (χ0v) is 12.8. The third kappa shape index (κ3) is 3.14. The lowest BCUT2D eigenvalue weighted by Crippen LogP contribution is -2.37. The molecule has 0 fully saturated rings. The number of aromatic nitrogens is 1. The van der Waals surface area contributed by atoms with Gasteiger partial charge in [-0.25, -0.2) is 4.98 Å². The number of nitrogen functional groups attached to an aromatic ring is 1. The second-order valence-electron chi connectivity index (χ2n) is 5.28. The Hall–Kier alpha value is -2.27. The first-order valence-corrected chi connectivity index (χ1v) is 7.55. The van der Waals surface area contributed by atoms with Crippen LogP contribution in [0.15, 0.2) is 36.5 Å². The largest absolute Gasteiger partial charge is 0.398 e. The number of nitrogens with two attached hydrogens (primary N) is 1. The molecule has 22 heavy (non-hydrogen) atoms. The third-order valence-electron chi connectivity index (χ3n) is 3.71. The van der Waals surface area contributed by atoms with Crippen LogP contribution in [0.25, 0.3) is 0 Å². The van der Waals surface area contributed by atoms with Crippen LogP contribution in [-0.2, 0) is 11.2 Å². The lowest BCUT2D eigenvalue weighted by atomic mass is 10.00. The fraction of sp³-hybridized carbons (Fsp3) is 0.250. The summed E-state index contributed by atoms with van der Waals surface area (Å²) in [6.07, 6.45) is 3.46. The summed E-state index contributed by atoms with van der Waals surface area (Å²) in [6.45, 7) is 1.12. The first-order valence-electron chi connectivity index (χ1n) is 7.17. The number of hydrogen-bond donors (Lipinski definition) is 2. The van der Waals surface area contributed by atoms with E-state index in [0.29, 0.717) is 10.8 Å². The van der Waals surface area contributed by atoms with Crippen molar-refractivity contribution in [2.75, 3.05) is 29.0 Å². The number of hydrogen-bond acceptors (Lipinski definition) is 4. The van der Waals surface area contributed by atoms with Gasteiger partial charge >= 0.3 is 0 Å². The van der Waals surface area contributed by atoms with Crippen molar-refractivity contribution in [2.45, 2.75) is 12.8 Å². The SMILES string of the molecule is Nc1cccc2c1CCCN2CC(=O)Nc1ccc(Cl)cn1. The highest BCUT2D eigenvalue weighted by Gasteiger charge is 2.20. The minimum absolute atomic E-state index is 0.106. The standard InChI is InChI=1S/C16H17ClN4O/c17-11-6-7-15(19-9-11)20-16(22)10-21-8-2-3-12-13(18)4-1-5-14(12)21/h1,4-7,9H,2-3,8,10,18H2,(H,19,20,22). The lowest BCUT2D eigenvalue weighted by Gasteiger charge is -2.31.